The molecule has 0 bridgehead atoms. The molecule has 0 spiro atoms. The van der Waals surface area contributed by atoms with E-state index in [9.17, 15) is 9.18 Å². The summed E-state index contributed by atoms with van der Waals surface area (Å²) in [5.41, 5.74) is 2.34. The molecule has 0 atom stereocenters. The van der Waals surface area contributed by atoms with Gasteiger partial charge < -0.3 is 8.94 Å². The summed E-state index contributed by atoms with van der Waals surface area (Å²) in [5, 5.41) is 7.02. The molecule has 3 aromatic heterocycles. The zero-order valence-electron chi connectivity index (χ0n) is 10.4. The van der Waals surface area contributed by atoms with Gasteiger partial charge in [-0.2, -0.15) is 9.49 Å². The maximum Gasteiger partial charge on any atom is 0.293 e. The Labute approximate surface area is 121 Å². The summed E-state index contributed by atoms with van der Waals surface area (Å²) >= 11 is 0.924. The van der Waals surface area contributed by atoms with Crippen LogP contribution in [0.3, 0.4) is 0 Å². The Kier molecular flexibility index (Phi) is 3.61. The van der Waals surface area contributed by atoms with E-state index in [-0.39, 0.29) is 10.8 Å². The second-order valence-corrected chi connectivity index (χ2v) is 4.96. The largest absolute Gasteiger partial charge is 0.461 e. The molecule has 6 nitrogen and oxygen atoms in total. The Morgan fingerprint density at radius 1 is 1.38 bits per heavy atom. The Bertz CT molecular complexity index is 776. The molecule has 0 aliphatic carbocycles. The molecule has 3 heterocycles. The molecular weight excluding hydrogens is 297 g/mol. The number of nitrogens with one attached hydrogen (secondary N) is 1. The van der Waals surface area contributed by atoms with Crippen molar-refractivity contribution in [2.24, 2.45) is 5.10 Å². The van der Waals surface area contributed by atoms with Crippen molar-refractivity contribution in [3.05, 3.63) is 52.3 Å². The number of amides is 1. The van der Waals surface area contributed by atoms with Crippen LogP contribution in [-0.2, 0) is 0 Å². The summed E-state index contributed by atoms with van der Waals surface area (Å²) in [6, 6.07) is 7.70. The van der Waals surface area contributed by atoms with Crippen LogP contribution in [0.5, 0.6) is 0 Å². The van der Waals surface area contributed by atoms with Crippen molar-refractivity contribution in [1.29, 1.82) is 0 Å². The van der Waals surface area contributed by atoms with Crippen molar-refractivity contribution in [2.75, 3.05) is 0 Å². The molecule has 0 saturated heterocycles. The van der Waals surface area contributed by atoms with Crippen molar-refractivity contribution in [2.45, 2.75) is 0 Å². The molecule has 0 radical (unpaired) electrons. The van der Waals surface area contributed by atoms with Gasteiger partial charge in [-0.15, -0.1) is 11.3 Å². The molecule has 3 aromatic rings. The van der Waals surface area contributed by atoms with Crippen LogP contribution >= 0.6 is 11.3 Å². The zero-order valence-corrected chi connectivity index (χ0v) is 11.3. The second kappa shape index (κ2) is 5.71. The Morgan fingerprint density at radius 2 is 2.29 bits per heavy atom. The van der Waals surface area contributed by atoms with Crippen molar-refractivity contribution in [1.82, 2.24) is 10.6 Å². The molecule has 106 valence electrons. The van der Waals surface area contributed by atoms with Gasteiger partial charge in [0.05, 0.1) is 17.4 Å². The van der Waals surface area contributed by atoms with Crippen molar-refractivity contribution >= 4 is 23.5 Å². The molecule has 21 heavy (non-hydrogen) atoms. The van der Waals surface area contributed by atoms with E-state index in [1.165, 1.54) is 24.6 Å². The molecule has 0 fully saturated rings. The fourth-order valence-electron chi connectivity index (χ4n) is 1.53. The summed E-state index contributed by atoms with van der Waals surface area (Å²) in [5.74, 6) is 0.276. The third-order valence-corrected chi connectivity index (χ3v) is 3.27. The minimum atomic E-state index is -0.537. The van der Waals surface area contributed by atoms with Gasteiger partial charge in [0.1, 0.15) is 0 Å². The average molecular weight is 305 g/mol. The summed E-state index contributed by atoms with van der Waals surface area (Å²) < 4.78 is 22.9. The number of hydrogen-bond acceptors (Lipinski definition) is 6. The highest BCUT2D eigenvalue weighted by Crippen LogP contribution is 2.20. The van der Waals surface area contributed by atoms with Gasteiger partial charge in [0, 0.05) is 6.07 Å². The predicted octanol–water partition coefficient (Wildman–Crippen LogP) is 2.90. The van der Waals surface area contributed by atoms with Gasteiger partial charge in [0.15, 0.2) is 16.6 Å². The van der Waals surface area contributed by atoms with Crippen LogP contribution in [0, 0.1) is 5.13 Å². The van der Waals surface area contributed by atoms with Gasteiger partial charge in [-0.25, -0.2) is 5.43 Å². The van der Waals surface area contributed by atoms with E-state index in [1.807, 2.05) is 0 Å². The number of rotatable bonds is 4. The lowest BCUT2D eigenvalue weighted by Crippen LogP contribution is -2.17. The van der Waals surface area contributed by atoms with Crippen LogP contribution in [0.25, 0.3) is 11.5 Å². The van der Waals surface area contributed by atoms with Crippen LogP contribution in [-0.4, -0.2) is 17.3 Å². The molecule has 0 aliphatic heterocycles. The molecule has 0 aliphatic rings. The Balaban J connectivity index is 1.64. The molecule has 1 N–H and O–H groups in total. The summed E-state index contributed by atoms with van der Waals surface area (Å²) in [4.78, 5) is 12.4. The smallest absolute Gasteiger partial charge is 0.293 e. The number of nitrogens with zero attached hydrogens (tertiary/aromatic N) is 2. The molecule has 0 saturated carbocycles. The van der Waals surface area contributed by atoms with Crippen molar-refractivity contribution in [3.8, 4) is 11.5 Å². The fourth-order valence-corrected chi connectivity index (χ4v) is 2.13. The summed E-state index contributed by atoms with van der Waals surface area (Å²) in [7, 11) is 0. The zero-order chi connectivity index (χ0) is 14.7. The van der Waals surface area contributed by atoms with E-state index in [2.05, 4.69) is 15.7 Å². The Hall–Kier alpha value is -2.74. The van der Waals surface area contributed by atoms with E-state index >= 15 is 0 Å². The molecule has 0 unspecified atom stereocenters. The van der Waals surface area contributed by atoms with Gasteiger partial charge in [-0.05, 0) is 24.3 Å². The number of halogens is 1. The minimum Gasteiger partial charge on any atom is -0.461 e. The lowest BCUT2D eigenvalue weighted by atomic mass is 10.3. The van der Waals surface area contributed by atoms with Crippen LogP contribution in [0.2, 0.25) is 0 Å². The summed E-state index contributed by atoms with van der Waals surface area (Å²) in [6.45, 7) is 0. The SMILES string of the molecule is O=C(N/N=C/c1ccc(F)s1)c1cc(-c2ccco2)on1. The third kappa shape index (κ3) is 3.06. The quantitative estimate of drug-likeness (QED) is 0.593. The first kappa shape index (κ1) is 13.3. The summed E-state index contributed by atoms with van der Waals surface area (Å²) in [6.07, 6.45) is 2.83. The Morgan fingerprint density at radius 3 is 3.00 bits per heavy atom. The van der Waals surface area contributed by atoms with Crippen LogP contribution in [0.4, 0.5) is 4.39 Å². The van der Waals surface area contributed by atoms with E-state index in [4.69, 9.17) is 8.94 Å². The first-order valence-corrected chi connectivity index (χ1v) is 6.63. The highest BCUT2D eigenvalue weighted by Gasteiger charge is 2.14. The number of hydrazone groups is 1. The highest BCUT2D eigenvalue weighted by atomic mass is 32.1. The molecular formula is C13H8FN3O3S. The number of thiophene rings is 1. The first-order chi connectivity index (χ1) is 10.2. The predicted molar refractivity (Wildman–Crippen MR) is 73.5 cm³/mol. The van der Waals surface area contributed by atoms with E-state index in [0.29, 0.717) is 16.4 Å². The fraction of sp³-hybridized carbons (Fsp3) is 0. The lowest BCUT2D eigenvalue weighted by Gasteiger charge is -1.92. The maximum absolute atomic E-state index is 12.8. The maximum atomic E-state index is 12.8. The normalized spacial score (nSPS) is 11.1. The number of hydrogen-bond donors (Lipinski definition) is 1. The number of carbonyl (C=O) groups is 1. The van der Waals surface area contributed by atoms with E-state index in [1.54, 1.807) is 18.2 Å². The molecule has 0 aromatic carbocycles. The second-order valence-electron chi connectivity index (χ2n) is 3.89. The van der Waals surface area contributed by atoms with Gasteiger partial charge in [-0.3, -0.25) is 4.79 Å². The monoisotopic (exact) mass is 305 g/mol. The average Bonchev–Trinajstić information content (AvgIpc) is 3.19. The lowest BCUT2D eigenvalue weighted by molar-refractivity contribution is 0.0946. The number of furan rings is 1. The number of aromatic nitrogens is 1. The molecule has 3 rings (SSSR count). The highest BCUT2D eigenvalue weighted by molar-refractivity contribution is 7.12. The molecule has 1 amide bonds. The minimum absolute atomic E-state index is 0.0657. The number of carbonyl (C=O) groups excluding carboxylic acids is 1. The van der Waals surface area contributed by atoms with Crippen LogP contribution in [0.1, 0.15) is 15.4 Å². The van der Waals surface area contributed by atoms with Gasteiger partial charge in [-0.1, -0.05) is 5.16 Å². The van der Waals surface area contributed by atoms with Crippen molar-refractivity contribution in [3.63, 3.8) is 0 Å². The van der Waals surface area contributed by atoms with Gasteiger partial charge in [0.2, 0.25) is 5.76 Å². The van der Waals surface area contributed by atoms with Crippen LogP contribution < -0.4 is 5.43 Å². The van der Waals surface area contributed by atoms with Crippen LogP contribution in [0.15, 0.2) is 50.6 Å². The van der Waals surface area contributed by atoms with Gasteiger partial charge >= 0.3 is 0 Å². The van der Waals surface area contributed by atoms with E-state index < -0.39 is 5.91 Å². The topological polar surface area (TPSA) is 80.6 Å². The molecule has 8 heteroatoms. The van der Waals surface area contributed by atoms with Gasteiger partial charge in [0.25, 0.3) is 5.91 Å². The first-order valence-electron chi connectivity index (χ1n) is 5.82. The third-order valence-electron chi connectivity index (χ3n) is 2.46. The van der Waals surface area contributed by atoms with E-state index in [0.717, 1.165) is 11.3 Å². The van der Waals surface area contributed by atoms with Crippen molar-refractivity contribution < 1.29 is 18.1 Å². The standard InChI is InChI=1S/C13H8FN3O3S/c14-12-4-3-8(21-12)7-15-16-13(18)9-6-11(20-17-9)10-2-1-5-19-10/h1-7H,(H,16,18)/b15-7+.